The van der Waals surface area contributed by atoms with E-state index in [1.807, 2.05) is 29.2 Å². The minimum absolute atomic E-state index is 0.0164. The molecule has 1 fully saturated rings. The number of nitrogens with zero attached hydrogens (tertiary/aromatic N) is 1. The van der Waals surface area contributed by atoms with E-state index in [4.69, 9.17) is 4.74 Å². The summed E-state index contributed by atoms with van der Waals surface area (Å²) >= 11 is 0. The monoisotopic (exact) mass is 413 g/mol. The Morgan fingerprint density at radius 1 is 1.07 bits per heavy atom. The number of nitrogens with one attached hydrogen (secondary N) is 2. The van der Waals surface area contributed by atoms with E-state index in [0.29, 0.717) is 25.3 Å². The van der Waals surface area contributed by atoms with Gasteiger partial charge in [0, 0.05) is 18.2 Å². The Labute approximate surface area is 176 Å². The highest BCUT2D eigenvalue weighted by Gasteiger charge is 2.25. The van der Waals surface area contributed by atoms with Crippen LogP contribution in [0.5, 0.6) is 5.75 Å². The lowest BCUT2D eigenvalue weighted by Gasteiger charge is -2.30. The number of piperidine rings is 1. The number of carbonyl (C=O) groups is 2. The van der Waals surface area contributed by atoms with E-state index < -0.39 is 0 Å². The summed E-state index contributed by atoms with van der Waals surface area (Å²) in [6, 6.07) is 13.5. The third-order valence-electron chi connectivity index (χ3n) is 5.33. The number of hydrogen-bond acceptors (Lipinski definition) is 4. The van der Waals surface area contributed by atoms with E-state index in [-0.39, 0.29) is 30.1 Å². The highest BCUT2D eigenvalue weighted by Crippen LogP contribution is 2.18. The van der Waals surface area contributed by atoms with Crippen molar-refractivity contribution in [3.63, 3.8) is 0 Å². The van der Waals surface area contributed by atoms with Crippen LogP contribution in [0.2, 0.25) is 0 Å². The molecule has 0 aliphatic carbocycles. The maximum Gasteiger partial charge on any atom is 0.238 e. The van der Waals surface area contributed by atoms with Crippen LogP contribution in [0.3, 0.4) is 0 Å². The van der Waals surface area contributed by atoms with Crippen LogP contribution in [-0.4, -0.2) is 50.0 Å². The number of amides is 2. The summed E-state index contributed by atoms with van der Waals surface area (Å²) in [5, 5.41) is 5.79. The molecule has 0 spiro atoms. The first-order chi connectivity index (χ1) is 14.5. The number of hydrogen-bond donors (Lipinski definition) is 2. The summed E-state index contributed by atoms with van der Waals surface area (Å²) in [4.78, 5) is 26.6. The molecule has 30 heavy (non-hydrogen) atoms. The molecule has 2 amide bonds. The second-order valence-corrected chi connectivity index (χ2v) is 7.49. The molecule has 160 valence electrons. The maximum atomic E-state index is 12.9. The van der Waals surface area contributed by atoms with Crippen LogP contribution >= 0.6 is 0 Å². The van der Waals surface area contributed by atoms with Gasteiger partial charge in [0.05, 0.1) is 13.7 Å². The second-order valence-electron chi connectivity index (χ2n) is 7.49. The van der Waals surface area contributed by atoms with Gasteiger partial charge in [0.2, 0.25) is 11.8 Å². The fraction of sp³-hybridized carbons (Fsp3) is 0.391. The zero-order chi connectivity index (χ0) is 21.3. The van der Waals surface area contributed by atoms with Crippen molar-refractivity contribution in [2.75, 3.05) is 38.6 Å². The molecule has 0 aromatic heterocycles. The van der Waals surface area contributed by atoms with Crippen molar-refractivity contribution >= 4 is 17.5 Å². The number of methoxy groups -OCH3 is 1. The van der Waals surface area contributed by atoms with Gasteiger partial charge in [-0.05, 0) is 74.3 Å². The molecule has 2 aromatic carbocycles. The first-order valence-electron chi connectivity index (χ1n) is 10.2. The van der Waals surface area contributed by atoms with Crippen molar-refractivity contribution in [3.05, 3.63) is 59.9 Å². The average molecular weight is 413 g/mol. The number of likely N-dealkylation sites (tertiary alicyclic amines) is 1. The third kappa shape index (κ3) is 6.56. The van der Waals surface area contributed by atoms with E-state index in [2.05, 4.69) is 10.6 Å². The van der Waals surface area contributed by atoms with Crippen molar-refractivity contribution in [1.82, 2.24) is 10.2 Å². The molecule has 2 aromatic rings. The van der Waals surface area contributed by atoms with Gasteiger partial charge < -0.3 is 15.4 Å². The Bertz CT molecular complexity index is 832. The van der Waals surface area contributed by atoms with E-state index in [1.54, 1.807) is 7.11 Å². The van der Waals surface area contributed by atoms with Crippen molar-refractivity contribution in [2.45, 2.75) is 19.3 Å². The standard InChI is InChI=1S/C23H28FN3O3/c1-30-21-8-2-17(3-9-21)10-13-25-23(29)18-11-14-27(15-12-18)16-22(28)26-20-6-4-19(24)5-7-20/h2-9,18H,10-16H2,1H3,(H,25,29)(H,26,28). The van der Waals surface area contributed by atoms with Gasteiger partial charge in [-0.15, -0.1) is 0 Å². The molecule has 1 heterocycles. The molecule has 0 radical (unpaired) electrons. The Morgan fingerprint density at radius 3 is 2.37 bits per heavy atom. The van der Waals surface area contributed by atoms with Gasteiger partial charge in [0.1, 0.15) is 11.6 Å². The van der Waals surface area contributed by atoms with Gasteiger partial charge in [-0.2, -0.15) is 0 Å². The smallest absolute Gasteiger partial charge is 0.238 e. The van der Waals surface area contributed by atoms with Crippen LogP contribution < -0.4 is 15.4 Å². The Balaban J connectivity index is 1.34. The minimum atomic E-state index is -0.336. The maximum absolute atomic E-state index is 12.9. The zero-order valence-electron chi connectivity index (χ0n) is 17.2. The summed E-state index contributed by atoms with van der Waals surface area (Å²) in [6.45, 7) is 2.27. The second kappa shape index (κ2) is 10.7. The zero-order valence-corrected chi connectivity index (χ0v) is 17.2. The molecule has 0 unspecified atom stereocenters. The van der Waals surface area contributed by atoms with Crippen molar-refractivity contribution in [3.8, 4) is 5.75 Å². The van der Waals surface area contributed by atoms with E-state index in [9.17, 15) is 14.0 Å². The lowest BCUT2D eigenvalue weighted by molar-refractivity contribution is -0.126. The fourth-order valence-electron chi connectivity index (χ4n) is 3.56. The van der Waals surface area contributed by atoms with Gasteiger partial charge in [0.15, 0.2) is 0 Å². The molecule has 1 aliphatic rings. The largest absolute Gasteiger partial charge is 0.497 e. The van der Waals surface area contributed by atoms with Gasteiger partial charge >= 0.3 is 0 Å². The highest BCUT2D eigenvalue weighted by atomic mass is 19.1. The molecule has 7 heteroatoms. The average Bonchev–Trinajstić information content (AvgIpc) is 2.76. The normalized spacial score (nSPS) is 14.9. The third-order valence-corrected chi connectivity index (χ3v) is 5.33. The molecule has 1 aliphatic heterocycles. The van der Waals surface area contributed by atoms with Crippen molar-refractivity contribution in [2.24, 2.45) is 5.92 Å². The summed E-state index contributed by atoms with van der Waals surface area (Å²) in [5.41, 5.74) is 1.73. The van der Waals surface area contributed by atoms with Crippen LogP contribution in [0, 0.1) is 11.7 Å². The Hall–Kier alpha value is -2.93. The first-order valence-corrected chi connectivity index (χ1v) is 10.2. The molecular formula is C23H28FN3O3. The molecule has 2 N–H and O–H groups in total. The number of halogens is 1. The van der Waals surface area contributed by atoms with E-state index in [1.165, 1.54) is 24.3 Å². The topological polar surface area (TPSA) is 70.7 Å². The molecule has 0 saturated carbocycles. The number of rotatable bonds is 8. The summed E-state index contributed by atoms with van der Waals surface area (Å²) < 4.78 is 18.1. The quantitative estimate of drug-likeness (QED) is 0.698. The number of benzene rings is 2. The lowest BCUT2D eigenvalue weighted by atomic mass is 9.96. The molecule has 1 saturated heterocycles. The molecule has 6 nitrogen and oxygen atoms in total. The molecule has 3 rings (SSSR count). The highest BCUT2D eigenvalue weighted by molar-refractivity contribution is 5.92. The van der Waals surface area contributed by atoms with Crippen molar-refractivity contribution < 1.29 is 18.7 Å². The summed E-state index contributed by atoms with van der Waals surface area (Å²) in [6.07, 6.45) is 2.24. The first kappa shape index (κ1) is 21.8. The van der Waals surface area contributed by atoms with Crippen LogP contribution in [0.1, 0.15) is 18.4 Å². The number of ether oxygens (including phenoxy) is 1. The van der Waals surface area contributed by atoms with E-state index >= 15 is 0 Å². The number of anilines is 1. The van der Waals surface area contributed by atoms with Crippen LogP contribution in [0.15, 0.2) is 48.5 Å². The number of carbonyl (C=O) groups excluding carboxylic acids is 2. The van der Waals surface area contributed by atoms with Crippen molar-refractivity contribution in [1.29, 1.82) is 0 Å². The van der Waals surface area contributed by atoms with E-state index in [0.717, 1.165) is 30.6 Å². The Kier molecular flexibility index (Phi) is 7.79. The summed E-state index contributed by atoms with van der Waals surface area (Å²) in [7, 11) is 1.64. The van der Waals surface area contributed by atoms with Gasteiger partial charge in [-0.1, -0.05) is 12.1 Å². The molecule has 0 atom stereocenters. The van der Waals surface area contributed by atoms with Gasteiger partial charge in [-0.3, -0.25) is 14.5 Å². The van der Waals surface area contributed by atoms with Crippen LogP contribution in [0.25, 0.3) is 0 Å². The molecular weight excluding hydrogens is 385 g/mol. The lowest BCUT2D eigenvalue weighted by Crippen LogP contribution is -2.43. The minimum Gasteiger partial charge on any atom is -0.497 e. The Morgan fingerprint density at radius 2 is 1.73 bits per heavy atom. The SMILES string of the molecule is COc1ccc(CCNC(=O)C2CCN(CC(=O)Nc3ccc(F)cc3)CC2)cc1. The van der Waals surface area contributed by atoms with Gasteiger partial charge in [0.25, 0.3) is 0 Å². The fourth-order valence-corrected chi connectivity index (χ4v) is 3.56. The van der Waals surface area contributed by atoms with Gasteiger partial charge in [-0.25, -0.2) is 4.39 Å². The molecule has 0 bridgehead atoms. The summed E-state index contributed by atoms with van der Waals surface area (Å²) in [5.74, 6) is 0.415. The predicted octanol–water partition coefficient (Wildman–Crippen LogP) is 2.84. The van der Waals surface area contributed by atoms with Crippen LogP contribution in [0.4, 0.5) is 10.1 Å². The van der Waals surface area contributed by atoms with Crippen LogP contribution in [-0.2, 0) is 16.0 Å². The predicted molar refractivity (Wildman–Crippen MR) is 114 cm³/mol.